The maximum Gasteiger partial charge on any atom is 0.174 e. The Hall–Kier alpha value is -1.07. The molecule has 2 heterocycles. The Morgan fingerprint density at radius 3 is 2.94 bits per heavy atom. The zero-order valence-corrected chi connectivity index (χ0v) is 10.9. The molecule has 0 atom stereocenters. The normalized spacial score (nSPS) is 17.0. The molecule has 0 amide bonds. The number of nitrogens with one attached hydrogen (secondary N) is 2. The van der Waals surface area contributed by atoms with Crippen LogP contribution in [-0.2, 0) is 0 Å². The first-order chi connectivity index (χ1) is 8.20. The van der Waals surface area contributed by atoms with Gasteiger partial charge in [0.1, 0.15) is 0 Å². The third kappa shape index (κ3) is 2.98. The van der Waals surface area contributed by atoms with Crippen LogP contribution < -0.4 is 16.4 Å². The summed E-state index contributed by atoms with van der Waals surface area (Å²) in [5.41, 5.74) is 6.47. The van der Waals surface area contributed by atoms with Crippen LogP contribution in [0.3, 0.4) is 0 Å². The number of anilines is 2. The van der Waals surface area contributed by atoms with Crippen molar-refractivity contribution in [3.8, 4) is 0 Å². The molecule has 1 aliphatic heterocycles. The molecule has 5 heteroatoms. The Labute approximate surface area is 106 Å². The molecule has 0 bridgehead atoms. The Kier molecular flexibility index (Phi) is 4.02. The van der Waals surface area contributed by atoms with Gasteiger partial charge in [-0.15, -0.1) is 11.3 Å². The van der Waals surface area contributed by atoms with Crippen molar-refractivity contribution in [1.82, 2.24) is 5.32 Å². The van der Waals surface area contributed by atoms with Crippen molar-refractivity contribution in [2.75, 3.05) is 24.1 Å². The Morgan fingerprint density at radius 1 is 1.59 bits per heavy atom. The van der Waals surface area contributed by atoms with Crippen LogP contribution >= 0.6 is 11.3 Å². The minimum Gasteiger partial charge on any atom is -0.397 e. The van der Waals surface area contributed by atoms with Gasteiger partial charge in [0.25, 0.3) is 0 Å². The SMILES string of the molecule is CCC(=O)c1sc(NC2CCNCC2)cc1N. The van der Waals surface area contributed by atoms with Gasteiger partial charge < -0.3 is 16.4 Å². The first-order valence-electron chi connectivity index (χ1n) is 6.10. The summed E-state index contributed by atoms with van der Waals surface area (Å²) in [6, 6.07) is 2.38. The lowest BCUT2D eigenvalue weighted by molar-refractivity contribution is 0.0993. The van der Waals surface area contributed by atoms with Gasteiger partial charge in [0.2, 0.25) is 0 Å². The molecule has 0 radical (unpaired) electrons. The van der Waals surface area contributed by atoms with Crippen molar-refractivity contribution < 1.29 is 4.79 Å². The molecule has 94 valence electrons. The van der Waals surface area contributed by atoms with Gasteiger partial charge in [-0.05, 0) is 32.0 Å². The molecule has 0 aliphatic carbocycles. The van der Waals surface area contributed by atoms with Crippen LogP contribution in [0.4, 0.5) is 10.7 Å². The summed E-state index contributed by atoms with van der Waals surface area (Å²) in [6.07, 6.45) is 2.75. The second-order valence-corrected chi connectivity index (χ2v) is 5.39. The predicted molar refractivity (Wildman–Crippen MR) is 72.9 cm³/mol. The van der Waals surface area contributed by atoms with Gasteiger partial charge in [-0.1, -0.05) is 6.92 Å². The Balaban J connectivity index is 2.03. The average Bonchev–Trinajstić information content (AvgIpc) is 2.70. The lowest BCUT2D eigenvalue weighted by Gasteiger charge is -2.23. The van der Waals surface area contributed by atoms with Gasteiger partial charge in [-0.3, -0.25) is 4.79 Å². The number of hydrogen-bond donors (Lipinski definition) is 3. The molecule has 0 unspecified atom stereocenters. The van der Waals surface area contributed by atoms with Gasteiger partial charge in [0, 0.05) is 12.5 Å². The molecule has 1 aromatic rings. The van der Waals surface area contributed by atoms with Crippen molar-refractivity contribution in [1.29, 1.82) is 0 Å². The van der Waals surface area contributed by atoms with Gasteiger partial charge >= 0.3 is 0 Å². The van der Waals surface area contributed by atoms with Crippen molar-refractivity contribution in [2.24, 2.45) is 0 Å². The molecule has 1 saturated heterocycles. The first-order valence-corrected chi connectivity index (χ1v) is 6.92. The number of carbonyl (C=O) groups excluding carboxylic acids is 1. The van der Waals surface area contributed by atoms with E-state index >= 15 is 0 Å². The number of ketones is 1. The van der Waals surface area contributed by atoms with Crippen molar-refractivity contribution in [3.05, 3.63) is 10.9 Å². The first kappa shape index (κ1) is 12.4. The highest BCUT2D eigenvalue weighted by Crippen LogP contribution is 2.31. The standard InChI is InChI=1S/C12H19N3OS/c1-2-10(16)12-9(13)7-11(17-12)15-8-3-5-14-6-4-8/h7-8,14-15H,2-6,13H2,1H3. The number of thiophene rings is 1. The smallest absolute Gasteiger partial charge is 0.174 e. The minimum absolute atomic E-state index is 0.130. The summed E-state index contributed by atoms with van der Waals surface area (Å²) in [6.45, 7) is 3.97. The molecule has 4 N–H and O–H groups in total. The number of nitrogens with two attached hydrogens (primary N) is 1. The summed E-state index contributed by atoms with van der Waals surface area (Å²) in [4.78, 5) is 12.3. The molecule has 2 rings (SSSR count). The lowest BCUT2D eigenvalue weighted by atomic mass is 10.1. The Bertz CT molecular complexity index is 396. The maximum atomic E-state index is 11.6. The largest absolute Gasteiger partial charge is 0.397 e. The molecular weight excluding hydrogens is 234 g/mol. The maximum absolute atomic E-state index is 11.6. The van der Waals surface area contributed by atoms with Crippen LogP contribution in [0.2, 0.25) is 0 Å². The van der Waals surface area contributed by atoms with Crippen LogP contribution in [0.25, 0.3) is 0 Å². The third-order valence-electron chi connectivity index (χ3n) is 3.02. The molecular formula is C12H19N3OS. The quantitative estimate of drug-likeness (QED) is 0.719. The zero-order chi connectivity index (χ0) is 12.3. The van der Waals surface area contributed by atoms with E-state index in [1.165, 1.54) is 11.3 Å². The summed E-state index contributed by atoms with van der Waals surface area (Å²) in [5, 5.41) is 7.82. The molecule has 0 aromatic carbocycles. The third-order valence-corrected chi connectivity index (χ3v) is 4.14. The van der Waals surface area contributed by atoms with Gasteiger partial charge in [0.15, 0.2) is 5.78 Å². The molecule has 1 aromatic heterocycles. The van der Waals surface area contributed by atoms with Gasteiger partial charge in [-0.25, -0.2) is 0 Å². The highest BCUT2D eigenvalue weighted by Gasteiger charge is 2.16. The predicted octanol–water partition coefficient (Wildman–Crippen LogP) is 2.09. The molecule has 1 fully saturated rings. The van der Waals surface area contributed by atoms with Crippen LogP contribution in [0.1, 0.15) is 35.9 Å². The number of hydrogen-bond acceptors (Lipinski definition) is 5. The van der Waals surface area contributed by atoms with Gasteiger partial charge in [-0.2, -0.15) is 0 Å². The number of rotatable bonds is 4. The summed E-state index contributed by atoms with van der Waals surface area (Å²) in [5.74, 6) is 0.130. The van der Waals surface area contributed by atoms with Gasteiger partial charge in [0.05, 0.1) is 15.6 Å². The fourth-order valence-corrected chi connectivity index (χ4v) is 3.09. The van der Waals surface area contributed by atoms with E-state index in [0.29, 0.717) is 23.0 Å². The molecule has 0 saturated carbocycles. The highest BCUT2D eigenvalue weighted by atomic mass is 32.1. The van der Waals surface area contributed by atoms with Crippen molar-refractivity contribution >= 4 is 27.8 Å². The van der Waals surface area contributed by atoms with E-state index in [4.69, 9.17) is 5.73 Å². The van der Waals surface area contributed by atoms with Crippen molar-refractivity contribution in [3.63, 3.8) is 0 Å². The zero-order valence-electron chi connectivity index (χ0n) is 10.1. The van der Waals surface area contributed by atoms with Crippen molar-refractivity contribution in [2.45, 2.75) is 32.2 Å². The van der Waals surface area contributed by atoms with E-state index in [1.807, 2.05) is 13.0 Å². The fraction of sp³-hybridized carbons (Fsp3) is 0.583. The van der Waals surface area contributed by atoms with E-state index in [1.54, 1.807) is 0 Å². The number of carbonyl (C=O) groups is 1. The monoisotopic (exact) mass is 253 g/mol. The van der Waals surface area contributed by atoms with Crippen LogP contribution in [0.5, 0.6) is 0 Å². The molecule has 1 aliphatic rings. The van der Waals surface area contributed by atoms with E-state index in [2.05, 4.69) is 10.6 Å². The van der Waals surface area contributed by atoms with E-state index in [0.717, 1.165) is 30.9 Å². The fourth-order valence-electron chi connectivity index (χ4n) is 2.02. The number of nitrogen functional groups attached to an aromatic ring is 1. The number of Topliss-reactive ketones (excluding diaryl/α,β-unsaturated/α-hetero) is 1. The number of piperidine rings is 1. The molecule has 0 spiro atoms. The molecule has 4 nitrogen and oxygen atoms in total. The summed E-state index contributed by atoms with van der Waals surface area (Å²) in [7, 11) is 0. The topological polar surface area (TPSA) is 67.2 Å². The minimum atomic E-state index is 0.130. The van der Waals surface area contributed by atoms with E-state index in [-0.39, 0.29) is 5.78 Å². The van der Waals surface area contributed by atoms with Crippen LogP contribution in [-0.4, -0.2) is 24.9 Å². The summed E-state index contributed by atoms with van der Waals surface area (Å²) < 4.78 is 0. The lowest BCUT2D eigenvalue weighted by Crippen LogP contribution is -2.35. The molecule has 17 heavy (non-hydrogen) atoms. The van der Waals surface area contributed by atoms with Crippen LogP contribution in [0.15, 0.2) is 6.07 Å². The second kappa shape index (κ2) is 5.51. The average molecular weight is 253 g/mol. The van der Waals surface area contributed by atoms with Crippen LogP contribution in [0, 0.1) is 0 Å². The Morgan fingerprint density at radius 2 is 2.29 bits per heavy atom. The second-order valence-electron chi connectivity index (χ2n) is 4.34. The summed E-state index contributed by atoms with van der Waals surface area (Å²) >= 11 is 1.48. The van der Waals surface area contributed by atoms with E-state index in [9.17, 15) is 4.79 Å². The highest BCUT2D eigenvalue weighted by molar-refractivity contribution is 7.18. The van der Waals surface area contributed by atoms with E-state index < -0.39 is 0 Å².